The summed E-state index contributed by atoms with van der Waals surface area (Å²) >= 11 is 12.3. The quantitative estimate of drug-likeness (QED) is 0.385. The zero-order valence-electron chi connectivity index (χ0n) is 15.1. The van der Waals surface area contributed by atoms with Crippen molar-refractivity contribution in [3.8, 4) is 0 Å². The van der Waals surface area contributed by atoms with Gasteiger partial charge in [0.05, 0.1) is 9.83 Å². The van der Waals surface area contributed by atoms with E-state index < -0.39 is 16.1 Å². The topological polar surface area (TPSA) is 110 Å². The minimum absolute atomic E-state index is 0.0188. The lowest BCUT2D eigenvalue weighted by Crippen LogP contribution is -2.37. The molecule has 1 N–H and O–H groups in total. The molecule has 3 rings (SSSR count). The molecule has 30 heavy (non-hydrogen) atoms. The molecule has 0 unspecified atom stereocenters. The van der Waals surface area contributed by atoms with Crippen LogP contribution in [-0.2, 0) is 4.79 Å². The van der Waals surface area contributed by atoms with E-state index in [1.54, 1.807) is 18.2 Å². The highest BCUT2D eigenvalue weighted by Crippen LogP contribution is 2.33. The summed E-state index contributed by atoms with van der Waals surface area (Å²) in [5.41, 5.74) is 0.431. The molecule has 0 spiro atoms. The molecule has 0 atom stereocenters. The Morgan fingerprint density at radius 3 is 2.67 bits per heavy atom. The molecule has 1 aliphatic rings. The molecule has 11 heteroatoms. The van der Waals surface area contributed by atoms with Crippen LogP contribution in [0.5, 0.6) is 0 Å². The zero-order valence-corrected chi connectivity index (χ0v) is 17.5. The van der Waals surface area contributed by atoms with Crippen LogP contribution < -0.4 is 5.32 Å². The third kappa shape index (κ3) is 4.99. The summed E-state index contributed by atoms with van der Waals surface area (Å²) in [6.45, 7) is 0.0398. The summed E-state index contributed by atoms with van der Waals surface area (Å²) in [4.78, 5) is 48.3. The largest absolute Gasteiger partial charge is 0.350 e. The van der Waals surface area contributed by atoms with Crippen LogP contribution in [0.15, 0.2) is 47.4 Å². The molecule has 0 aliphatic carbocycles. The molecule has 0 radical (unpaired) electrons. The monoisotopic (exact) mass is 465 g/mol. The molecule has 1 saturated heterocycles. The van der Waals surface area contributed by atoms with E-state index in [2.05, 4.69) is 5.32 Å². The number of benzene rings is 2. The number of nitro benzene ring substituents is 1. The highest BCUT2D eigenvalue weighted by molar-refractivity contribution is 8.18. The van der Waals surface area contributed by atoms with Crippen LogP contribution in [0.4, 0.5) is 10.5 Å². The van der Waals surface area contributed by atoms with Gasteiger partial charge in [0.2, 0.25) is 0 Å². The van der Waals surface area contributed by atoms with Gasteiger partial charge < -0.3 is 5.32 Å². The second-order valence-corrected chi connectivity index (χ2v) is 7.90. The number of nitro groups is 1. The van der Waals surface area contributed by atoms with Crippen molar-refractivity contribution in [1.82, 2.24) is 10.2 Å². The van der Waals surface area contributed by atoms with Gasteiger partial charge in [0.25, 0.3) is 22.7 Å². The van der Waals surface area contributed by atoms with E-state index in [1.807, 2.05) is 0 Å². The highest BCUT2D eigenvalue weighted by atomic mass is 35.5. The standard InChI is InChI=1S/C19H13Cl2N3O5S/c20-13-3-1-2-12(10-13)17(25)22-6-7-23-18(26)16(30-19(23)27)9-11-4-5-14(21)15(8-11)24(28)29/h1-5,8-10H,6-7H2,(H,22,25)/b16-9-. The predicted molar refractivity (Wildman–Crippen MR) is 115 cm³/mol. The first-order valence-electron chi connectivity index (χ1n) is 8.49. The maximum atomic E-state index is 12.5. The van der Waals surface area contributed by atoms with Crippen molar-refractivity contribution >= 4 is 63.8 Å². The summed E-state index contributed by atoms with van der Waals surface area (Å²) in [7, 11) is 0. The normalized spacial score (nSPS) is 15.0. The summed E-state index contributed by atoms with van der Waals surface area (Å²) in [6, 6.07) is 10.5. The smallest absolute Gasteiger partial charge is 0.293 e. The van der Waals surface area contributed by atoms with E-state index in [1.165, 1.54) is 30.3 Å². The molecule has 1 aliphatic heterocycles. The fourth-order valence-corrected chi connectivity index (χ4v) is 3.86. The Balaban J connectivity index is 1.65. The van der Waals surface area contributed by atoms with Crippen molar-refractivity contribution in [2.45, 2.75) is 0 Å². The van der Waals surface area contributed by atoms with E-state index in [0.29, 0.717) is 16.1 Å². The summed E-state index contributed by atoms with van der Waals surface area (Å²) in [5.74, 6) is -0.923. The lowest BCUT2D eigenvalue weighted by Gasteiger charge is -2.13. The molecule has 3 amide bonds. The first-order valence-corrected chi connectivity index (χ1v) is 10.1. The molecule has 0 saturated carbocycles. The Morgan fingerprint density at radius 2 is 1.97 bits per heavy atom. The van der Waals surface area contributed by atoms with Crippen molar-refractivity contribution in [2.24, 2.45) is 0 Å². The molecule has 0 aromatic heterocycles. The van der Waals surface area contributed by atoms with Crippen molar-refractivity contribution in [3.63, 3.8) is 0 Å². The Kier molecular flexibility index (Phi) is 6.76. The van der Waals surface area contributed by atoms with Gasteiger partial charge in [-0.05, 0) is 47.7 Å². The number of imide groups is 1. The number of thioether (sulfide) groups is 1. The Labute approximate surface area is 185 Å². The van der Waals surface area contributed by atoms with Crippen LogP contribution in [0.1, 0.15) is 15.9 Å². The van der Waals surface area contributed by atoms with E-state index in [0.717, 1.165) is 16.7 Å². The maximum Gasteiger partial charge on any atom is 0.293 e. The molecule has 0 bridgehead atoms. The van der Waals surface area contributed by atoms with Gasteiger partial charge in [0.1, 0.15) is 5.02 Å². The average molecular weight is 466 g/mol. The summed E-state index contributed by atoms with van der Waals surface area (Å²) in [6.07, 6.45) is 1.39. The van der Waals surface area contributed by atoms with Gasteiger partial charge in [-0.3, -0.25) is 29.4 Å². The zero-order chi connectivity index (χ0) is 21.8. The number of nitrogens with zero attached hydrogens (tertiary/aromatic N) is 2. The van der Waals surface area contributed by atoms with Crippen molar-refractivity contribution < 1.29 is 19.3 Å². The lowest BCUT2D eigenvalue weighted by atomic mass is 10.2. The third-order valence-electron chi connectivity index (χ3n) is 4.05. The van der Waals surface area contributed by atoms with Crippen molar-refractivity contribution in [2.75, 3.05) is 13.1 Å². The second kappa shape index (κ2) is 9.29. The Morgan fingerprint density at radius 1 is 1.20 bits per heavy atom. The molecule has 154 valence electrons. The van der Waals surface area contributed by atoms with E-state index in [4.69, 9.17) is 23.2 Å². The van der Waals surface area contributed by atoms with Crippen molar-refractivity contribution in [1.29, 1.82) is 0 Å². The van der Waals surface area contributed by atoms with Crippen LogP contribution in [0.2, 0.25) is 10.0 Å². The van der Waals surface area contributed by atoms with Crippen molar-refractivity contribution in [3.05, 3.63) is 78.7 Å². The minimum Gasteiger partial charge on any atom is -0.350 e. The molecular formula is C19H13Cl2N3O5S. The van der Waals surface area contributed by atoms with Crippen LogP contribution in [-0.4, -0.2) is 40.0 Å². The fourth-order valence-electron chi connectivity index (χ4n) is 2.62. The molecule has 2 aromatic rings. The van der Waals surface area contributed by atoms with E-state index in [9.17, 15) is 24.5 Å². The second-order valence-electron chi connectivity index (χ2n) is 6.07. The number of rotatable bonds is 6. The van der Waals surface area contributed by atoms with Crippen LogP contribution >= 0.6 is 35.0 Å². The maximum absolute atomic E-state index is 12.5. The van der Waals surface area contributed by atoms with Gasteiger partial charge in [-0.2, -0.15) is 0 Å². The van der Waals surface area contributed by atoms with Gasteiger partial charge in [-0.1, -0.05) is 35.3 Å². The van der Waals surface area contributed by atoms with Gasteiger partial charge in [-0.25, -0.2) is 0 Å². The van der Waals surface area contributed by atoms with Crippen LogP contribution in [0.3, 0.4) is 0 Å². The highest BCUT2D eigenvalue weighted by Gasteiger charge is 2.34. The molecule has 1 heterocycles. The molecule has 1 fully saturated rings. The van der Waals surface area contributed by atoms with Gasteiger partial charge >= 0.3 is 0 Å². The lowest BCUT2D eigenvalue weighted by molar-refractivity contribution is -0.384. The first-order chi connectivity index (χ1) is 14.3. The first kappa shape index (κ1) is 21.8. The van der Waals surface area contributed by atoms with Crippen LogP contribution in [0.25, 0.3) is 6.08 Å². The Bertz CT molecular complexity index is 1090. The average Bonchev–Trinajstić information content (AvgIpc) is 2.96. The SMILES string of the molecule is O=C(NCCN1C(=O)S/C(=C\c2ccc(Cl)c([N+](=O)[O-])c2)C1=O)c1cccc(Cl)c1. The number of carbonyl (C=O) groups is 3. The van der Waals surface area contributed by atoms with E-state index >= 15 is 0 Å². The number of nitrogens with one attached hydrogen (secondary N) is 1. The number of amides is 3. The van der Waals surface area contributed by atoms with Gasteiger partial charge in [0, 0.05) is 29.7 Å². The van der Waals surface area contributed by atoms with Gasteiger partial charge in [0.15, 0.2) is 0 Å². The third-order valence-corrected chi connectivity index (χ3v) is 5.51. The minimum atomic E-state index is -0.631. The van der Waals surface area contributed by atoms with Crippen LogP contribution in [0, 0.1) is 10.1 Å². The molecule has 2 aromatic carbocycles. The number of halogens is 2. The number of carbonyl (C=O) groups excluding carboxylic acids is 3. The number of hydrogen-bond acceptors (Lipinski definition) is 6. The van der Waals surface area contributed by atoms with Gasteiger partial charge in [-0.15, -0.1) is 0 Å². The number of hydrogen-bond donors (Lipinski definition) is 1. The molecule has 8 nitrogen and oxygen atoms in total. The van der Waals surface area contributed by atoms with E-state index in [-0.39, 0.29) is 34.6 Å². The fraction of sp³-hybridized carbons (Fsp3) is 0.105. The molecular weight excluding hydrogens is 453 g/mol. The summed E-state index contributed by atoms with van der Waals surface area (Å²) < 4.78 is 0. The Hall–Kier alpha value is -2.88. The summed E-state index contributed by atoms with van der Waals surface area (Å²) in [5, 5.41) is 13.5. The predicted octanol–water partition coefficient (Wildman–Crippen LogP) is 4.37.